The quantitative estimate of drug-likeness (QED) is 0.775. The summed E-state index contributed by atoms with van der Waals surface area (Å²) in [6, 6.07) is 7.41. The first kappa shape index (κ1) is 12.2. The van der Waals surface area contributed by atoms with Crippen LogP contribution in [-0.2, 0) is 0 Å². The second-order valence-corrected chi connectivity index (χ2v) is 5.53. The first-order valence-electron chi connectivity index (χ1n) is 5.59. The standard InChI is InChI=1S/C13H10ClN3OS/c1-7-16-10(6-19-7)12-11(13(15)17-18-12)8-3-2-4-9(14)5-8/h2-6H,1H3,(H2,15,17). The van der Waals surface area contributed by atoms with Gasteiger partial charge in [-0.3, -0.25) is 0 Å². The summed E-state index contributed by atoms with van der Waals surface area (Å²) >= 11 is 7.56. The normalized spacial score (nSPS) is 10.8. The molecular formula is C13H10ClN3OS. The number of aromatic nitrogens is 2. The molecule has 0 atom stereocenters. The molecule has 0 saturated carbocycles. The number of nitrogen functional groups attached to an aromatic ring is 1. The number of nitrogens with two attached hydrogens (primary N) is 1. The van der Waals surface area contributed by atoms with Crippen LogP contribution in [0, 0.1) is 6.92 Å². The maximum atomic E-state index is 6.01. The molecule has 2 N–H and O–H groups in total. The summed E-state index contributed by atoms with van der Waals surface area (Å²) < 4.78 is 5.32. The van der Waals surface area contributed by atoms with Crippen molar-refractivity contribution in [1.29, 1.82) is 0 Å². The maximum Gasteiger partial charge on any atom is 0.196 e. The van der Waals surface area contributed by atoms with Crippen LogP contribution in [0.25, 0.3) is 22.6 Å². The van der Waals surface area contributed by atoms with Gasteiger partial charge in [0.25, 0.3) is 0 Å². The van der Waals surface area contributed by atoms with Crippen LogP contribution in [0.1, 0.15) is 5.01 Å². The molecule has 0 bridgehead atoms. The molecule has 6 heteroatoms. The van der Waals surface area contributed by atoms with E-state index in [0.29, 0.717) is 16.6 Å². The van der Waals surface area contributed by atoms with E-state index >= 15 is 0 Å². The second kappa shape index (κ2) is 4.68. The summed E-state index contributed by atoms with van der Waals surface area (Å²) in [5.41, 5.74) is 8.23. The highest BCUT2D eigenvalue weighted by Crippen LogP contribution is 2.37. The number of aryl methyl sites for hydroxylation is 1. The Kier molecular flexibility index (Phi) is 3.00. The van der Waals surface area contributed by atoms with Crippen molar-refractivity contribution in [3.8, 4) is 22.6 Å². The Bertz CT molecular complexity index is 735. The number of benzene rings is 1. The van der Waals surface area contributed by atoms with Crippen LogP contribution in [0.3, 0.4) is 0 Å². The smallest absolute Gasteiger partial charge is 0.196 e. The van der Waals surface area contributed by atoms with E-state index in [1.807, 2.05) is 30.5 Å². The fraction of sp³-hybridized carbons (Fsp3) is 0.0769. The van der Waals surface area contributed by atoms with Gasteiger partial charge in [0.05, 0.1) is 10.6 Å². The lowest BCUT2D eigenvalue weighted by Crippen LogP contribution is -1.89. The van der Waals surface area contributed by atoms with Gasteiger partial charge in [-0.25, -0.2) is 4.98 Å². The SMILES string of the molecule is Cc1nc(-c2onc(N)c2-c2cccc(Cl)c2)cs1. The van der Waals surface area contributed by atoms with Crippen molar-refractivity contribution in [2.45, 2.75) is 6.92 Å². The average molecular weight is 292 g/mol. The molecule has 3 aromatic rings. The molecule has 19 heavy (non-hydrogen) atoms. The Morgan fingerprint density at radius 1 is 1.37 bits per heavy atom. The average Bonchev–Trinajstić information content (AvgIpc) is 2.95. The molecule has 0 spiro atoms. The predicted molar refractivity (Wildman–Crippen MR) is 77.2 cm³/mol. The van der Waals surface area contributed by atoms with Crippen molar-refractivity contribution in [3.05, 3.63) is 39.7 Å². The lowest BCUT2D eigenvalue weighted by molar-refractivity contribution is 0.435. The summed E-state index contributed by atoms with van der Waals surface area (Å²) in [4.78, 5) is 4.40. The van der Waals surface area contributed by atoms with E-state index < -0.39 is 0 Å². The lowest BCUT2D eigenvalue weighted by atomic mass is 10.0. The molecule has 3 rings (SSSR count). The first-order chi connectivity index (χ1) is 9.15. The van der Waals surface area contributed by atoms with Crippen LogP contribution < -0.4 is 5.73 Å². The summed E-state index contributed by atoms with van der Waals surface area (Å²) in [5, 5.41) is 7.35. The second-order valence-electron chi connectivity index (χ2n) is 4.03. The number of anilines is 1. The Morgan fingerprint density at radius 3 is 2.89 bits per heavy atom. The molecule has 0 radical (unpaired) electrons. The monoisotopic (exact) mass is 291 g/mol. The minimum Gasteiger partial charge on any atom is -0.380 e. The Morgan fingerprint density at radius 2 is 2.21 bits per heavy atom. The largest absolute Gasteiger partial charge is 0.380 e. The highest BCUT2D eigenvalue weighted by atomic mass is 35.5. The van der Waals surface area contributed by atoms with Crippen LogP contribution in [-0.4, -0.2) is 10.1 Å². The van der Waals surface area contributed by atoms with E-state index in [2.05, 4.69) is 10.1 Å². The molecular weight excluding hydrogens is 282 g/mol. The van der Waals surface area contributed by atoms with Crippen LogP contribution in [0.15, 0.2) is 34.2 Å². The van der Waals surface area contributed by atoms with Crippen molar-refractivity contribution in [2.75, 3.05) is 5.73 Å². The molecule has 0 aliphatic rings. The highest BCUT2D eigenvalue weighted by Gasteiger charge is 2.19. The van der Waals surface area contributed by atoms with E-state index in [9.17, 15) is 0 Å². The van der Waals surface area contributed by atoms with Gasteiger partial charge < -0.3 is 10.3 Å². The molecule has 0 aliphatic heterocycles. The molecule has 2 aromatic heterocycles. The van der Waals surface area contributed by atoms with Crippen LogP contribution in [0.5, 0.6) is 0 Å². The van der Waals surface area contributed by atoms with Crippen molar-refractivity contribution >= 4 is 28.8 Å². The van der Waals surface area contributed by atoms with Gasteiger partial charge in [-0.2, -0.15) is 0 Å². The van der Waals surface area contributed by atoms with Gasteiger partial charge in [0.2, 0.25) is 0 Å². The molecule has 1 aromatic carbocycles. The van der Waals surface area contributed by atoms with Gasteiger partial charge in [-0.1, -0.05) is 28.9 Å². The van der Waals surface area contributed by atoms with Gasteiger partial charge in [0.1, 0.15) is 5.69 Å². The number of hydrogen-bond donors (Lipinski definition) is 1. The fourth-order valence-corrected chi connectivity index (χ4v) is 2.65. The van der Waals surface area contributed by atoms with Gasteiger partial charge in [0, 0.05) is 10.4 Å². The van der Waals surface area contributed by atoms with E-state index in [4.69, 9.17) is 21.9 Å². The summed E-state index contributed by atoms with van der Waals surface area (Å²) in [6.07, 6.45) is 0. The molecule has 0 unspecified atom stereocenters. The number of nitrogens with zero attached hydrogens (tertiary/aromatic N) is 2. The van der Waals surface area contributed by atoms with Crippen molar-refractivity contribution in [2.24, 2.45) is 0 Å². The number of hydrogen-bond acceptors (Lipinski definition) is 5. The van der Waals surface area contributed by atoms with Crippen LogP contribution in [0.2, 0.25) is 5.02 Å². The maximum absolute atomic E-state index is 6.01. The van der Waals surface area contributed by atoms with Crippen molar-refractivity contribution in [3.63, 3.8) is 0 Å². The number of thiazole rings is 1. The zero-order chi connectivity index (χ0) is 13.4. The first-order valence-corrected chi connectivity index (χ1v) is 6.84. The van der Waals surface area contributed by atoms with E-state index in [1.165, 1.54) is 0 Å². The molecule has 2 heterocycles. The molecule has 96 valence electrons. The van der Waals surface area contributed by atoms with Crippen molar-refractivity contribution in [1.82, 2.24) is 10.1 Å². The fourth-order valence-electron chi connectivity index (χ4n) is 1.87. The zero-order valence-corrected chi connectivity index (χ0v) is 11.6. The minimum atomic E-state index is 0.336. The van der Waals surface area contributed by atoms with E-state index in [0.717, 1.165) is 21.8 Å². The lowest BCUT2D eigenvalue weighted by Gasteiger charge is -2.01. The number of rotatable bonds is 2. The van der Waals surface area contributed by atoms with Crippen LogP contribution in [0.4, 0.5) is 5.82 Å². The Balaban J connectivity index is 2.19. The molecule has 4 nitrogen and oxygen atoms in total. The van der Waals surface area contributed by atoms with Crippen LogP contribution >= 0.6 is 22.9 Å². The van der Waals surface area contributed by atoms with Crippen molar-refractivity contribution < 1.29 is 4.52 Å². The minimum absolute atomic E-state index is 0.336. The van der Waals surface area contributed by atoms with E-state index in [1.54, 1.807) is 17.4 Å². The predicted octanol–water partition coefficient (Wildman–Crippen LogP) is 4.01. The molecule has 0 amide bonds. The Hall–Kier alpha value is -1.85. The van der Waals surface area contributed by atoms with Gasteiger partial charge in [-0.15, -0.1) is 11.3 Å². The number of halogens is 1. The summed E-state index contributed by atoms with van der Waals surface area (Å²) in [5.74, 6) is 0.909. The van der Waals surface area contributed by atoms with Gasteiger partial charge >= 0.3 is 0 Å². The summed E-state index contributed by atoms with van der Waals surface area (Å²) in [7, 11) is 0. The molecule has 0 fully saturated rings. The molecule has 0 aliphatic carbocycles. The third kappa shape index (κ3) is 2.22. The van der Waals surface area contributed by atoms with Gasteiger partial charge in [-0.05, 0) is 24.6 Å². The Labute approximate surface area is 118 Å². The van der Waals surface area contributed by atoms with E-state index in [-0.39, 0.29) is 0 Å². The van der Waals surface area contributed by atoms with Gasteiger partial charge in [0.15, 0.2) is 11.6 Å². The summed E-state index contributed by atoms with van der Waals surface area (Å²) in [6.45, 7) is 1.94. The third-order valence-electron chi connectivity index (χ3n) is 2.68. The third-order valence-corrected chi connectivity index (χ3v) is 3.69. The topological polar surface area (TPSA) is 64.9 Å². The molecule has 0 saturated heterocycles. The zero-order valence-electron chi connectivity index (χ0n) is 10.1. The highest BCUT2D eigenvalue weighted by molar-refractivity contribution is 7.09.